The van der Waals surface area contributed by atoms with Crippen LogP contribution in [0.25, 0.3) is 0 Å². The van der Waals surface area contributed by atoms with E-state index >= 15 is 0 Å². The number of methoxy groups -OCH3 is 1. The third-order valence-corrected chi connectivity index (χ3v) is 5.70. The Morgan fingerprint density at radius 2 is 2.18 bits per heavy atom. The lowest BCUT2D eigenvalue weighted by molar-refractivity contribution is 0.200. The molecular formula is C13H27NO2S. The molecule has 1 N–H and O–H groups in total. The second-order valence-electron chi connectivity index (χ2n) is 4.97. The summed E-state index contributed by atoms with van der Waals surface area (Å²) in [5.74, 6) is 1.34. The highest BCUT2D eigenvalue weighted by Gasteiger charge is 2.35. The van der Waals surface area contributed by atoms with Gasteiger partial charge in [0.1, 0.15) is 0 Å². The molecule has 1 saturated carbocycles. The van der Waals surface area contributed by atoms with Crippen LogP contribution in [0, 0.1) is 5.92 Å². The molecule has 0 aromatic carbocycles. The molecule has 4 unspecified atom stereocenters. The highest BCUT2D eigenvalue weighted by atomic mass is 32.2. The maximum absolute atomic E-state index is 12.2. The van der Waals surface area contributed by atoms with Gasteiger partial charge in [0.05, 0.1) is 0 Å². The normalized spacial score (nSPS) is 30.6. The summed E-state index contributed by atoms with van der Waals surface area (Å²) >= 11 is 0. The van der Waals surface area contributed by atoms with E-state index in [1.165, 1.54) is 12.8 Å². The summed E-state index contributed by atoms with van der Waals surface area (Å²) in [4.78, 5) is 0. The third kappa shape index (κ3) is 4.68. The minimum Gasteiger partial charge on any atom is -0.385 e. The van der Waals surface area contributed by atoms with E-state index in [9.17, 15) is 4.21 Å². The summed E-state index contributed by atoms with van der Waals surface area (Å²) in [6.45, 7) is 6.24. The second-order valence-corrected chi connectivity index (χ2v) is 6.74. The smallest absolute Gasteiger partial charge is 0.0471 e. The molecule has 0 aliphatic heterocycles. The van der Waals surface area contributed by atoms with Crippen LogP contribution in [0.1, 0.15) is 39.5 Å². The molecule has 0 amide bonds. The van der Waals surface area contributed by atoms with Crippen molar-refractivity contribution in [2.75, 3.05) is 26.0 Å². The summed E-state index contributed by atoms with van der Waals surface area (Å²) in [5, 5.41) is 3.96. The molecule has 1 rings (SSSR count). The maximum atomic E-state index is 12.2. The molecule has 17 heavy (non-hydrogen) atoms. The predicted molar refractivity (Wildman–Crippen MR) is 73.8 cm³/mol. The molecule has 1 aliphatic rings. The monoisotopic (exact) mass is 261 g/mol. The van der Waals surface area contributed by atoms with Gasteiger partial charge >= 0.3 is 0 Å². The van der Waals surface area contributed by atoms with Crippen molar-refractivity contribution in [2.24, 2.45) is 5.92 Å². The first-order valence-electron chi connectivity index (χ1n) is 6.80. The van der Waals surface area contributed by atoms with Crippen LogP contribution in [-0.4, -0.2) is 41.5 Å². The minimum atomic E-state index is -0.673. The molecule has 4 heteroatoms. The van der Waals surface area contributed by atoms with Crippen LogP contribution in [0.5, 0.6) is 0 Å². The van der Waals surface area contributed by atoms with E-state index in [4.69, 9.17) is 4.74 Å². The zero-order valence-corrected chi connectivity index (χ0v) is 12.2. The Bertz CT molecular complexity index is 235. The van der Waals surface area contributed by atoms with Crippen LogP contribution < -0.4 is 5.32 Å². The fraction of sp³-hybridized carbons (Fsp3) is 1.00. The molecule has 0 spiro atoms. The molecule has 1 fully saturated rings. The van der Waals surface area contributed by atoms with Gasteiger partial charge in [0.15, 0.2) is 0 Å². The maximum Gasteiger partial charge on any atom is 0.0471 e. The topological polar surface area (TPSA) is 38.3 Å². The first kappa shape index (κ1) is 15.1. The zero-order valence-electron chi connectivity index (χ0n) is 11.4. The molecule has 3 nitrogen and oxygen atoms in total. The summed E-state index contributed by atoms with van der Waals surface area (Å²) in [5.41, 5.74) is 0. The molecule has 0 heterocycles. The lowest BCUT2D eigenvalue weighted by Gasteiger charge is -2.21. The lowest BCUT2D eigenvalue weighted by atomic mass is 10.1. The highest BCUT2D eigenvalue weighted by Crippen LogP contribution is 2.30. The summed E-state index contributed by atoms with van der Waals surface area (Å²) < 4.78 is 17.2. The first-order chi connectivity index (χ1) is 8.20. The van der Waals surface area contributed by atoms with Crippen molar-refractivity contribution in [2.45, 2.75) is 50.8 Å². The molecular weight excluding hydrogens is 234 g/mol. The fourth-order valence-electron chi connectivity index (χ4n) is 2.61. The fourth-order valence-corrected chi connectivity index (χ4v) is 4.39. The first-order valence-corrected chi connectivity index (χ1v) is 8.18. The molecule has 0 aromatic heterocycles. The van der Waals surface area contributed by atoms with Gasteiger partial charge in [-0.3, -0.25) is 4.21 Å². The van der Waals surface area contributed by atoms with Crippen molar-refractivity contribution in [1.29, 1.82) is 0 Å². The number of ether oxygens (including phenoxy) is 1. The van der Waals surface area contributed by atoms with Crippen LogP contribution >= 0.6 is 0 Å². The van der Waals surface area contributed by atoms with Gasteiger partial charge in [0.2, 0.25) is 0 Å². The molecule has 1 aliphatic carbocycles. The van der Waals surface area contributed by atoms with E-state index in [2.05, 4.69) is 19.2 Å². The number of hydrogen-bond acceptors (Lipinski definition) is 3. The van der Waals surface area contributed by atoms with E-state index in [0.717, 1.165) is 31.7 Å². The molecule has 102 valence electrons. The molecule has 0 bridgehead atoms. The Hall–Kier alpha value is 0.0700. The molecule has 0 aromatic rings. The van der Waals surface area contributed by atoms with E-state index in [-0.39, 0.29) is 0 Å². The van der Waals surface area contributed by atoms with Crippen LogP contribution in [0.3, 0.4) is 0 Å². The van der Waals surface area contributed by atoms with Gasteiger partial charge in [-0.2, -0.15) is 0 Å². The Balaban J connectivity index is 2.32. The third-order valence-electron chi connectivity index (χ3n) is 3.67. The van der Waals surface area contributed by atoms with Crippen LogP contribution in [0.4, 0.5) is 0 Å². The summed E-state index contributed by atoms with van der Waals surface area (Å²) in [7, 11) is 1.03. The zero-order chi connectivity index (χ0) is 12.7. The number of nitrogens with one attached hydrogen (secondary N) is 1. The standard InChI is InChI=1S/C13H27NO2S/c1-4-8-14-12-6-7-13(11(12)2)17(15)10-5-9-16-3/h11-14H,4-10H2,1-3H3. The van der Waals surface area contributed by atoms with Gasteiger partial charge in [0, 0.05) is 41.6 Å². The largest absolute Gasteiger partial charge is 0.385 e. The van der Waals surface area contributed by atoms with Crippen LogP contribution in [0.2, 0.25) is 0 Å². The van der Waals surface area contributed by atoms with Gasteiger partial charge in [-0.1, -0.05) is 13.8 Å². The van der Waals surface area contributed by atoms with Crippen molar-refractivity contribution in [3.05, 3.63) is 0 Å². The highest BCUT2D eigenvalue weighted by molar-refractivity contribution is 7.85. The van der Waals surface area contributed by atoms with Gasteiger partial charge in [-0.05, 0) is 38.1 Å². The minimum absolute atomic E-state index is 0.390. The Morgan fingerprint density at radius 3 is 2.82 bits per heavy atom. The quantitative estimate of drug-likeness (QED) is 0.679. The van der Waals surface area contributed by atoms with Crippen molar-refractivity contribution >= 4 is 10.8 Å². The molecule has 0 saturated heterocycles. The van der Waals surface area contributed by atoms with Crippen LogP contribution in [-0.2, 0) is 15.5 Å². The van der Waals surface area contributed by atoms with Gasteiger partial charge in [0.25, 0.3) is 0 Å². The van der Waals surface area contributed by atoms with Gasteiger partial charge in [-0.25, -0.2) is 0 Å². The predicted octanol–water partition coefficient (Wildman–Crippen LogP) is 1.94. The Kier molecular flexibility index (Phi) is 7.32. The average Bonchev–Trinajstić information content (AvgIpc) is 2.68. The molecule has 0 radical (unpaired) electrons. The van der Waals surface area contributed by atoms with Crippen molar-refractivity contribution in [3.63, 3.8) is 0 Å². The molecule has 4 atom stereocenters. The Morgan fingerprint density at radius 1 is 1.41 bits per heavy atom. The van der Waals surface area contributed by atoms with Crippen LogP contribution in [0.15, 0.2) is 0 Å². The summed E-state index contributed by atoms with van der Waals surface area (Å²) in [6.07, 6.45) is 4.38. The van der Waals surface area contributed by atoms with E-state index in [0.29, 0.717) is 17.2 Å². The van der Waals surface area contributed by atoms with E-state index in [1.54, 1.807) is 7.11 Å². The van der Waals surface area contributed by atoms with Crippen molar-refractivity contribution in [3.8, 4) is 0 Å². The van der Waals surface area contributed by atoms with E-state index in [1.807, 2.05) is 0 Å². The van der Waals surface area contributed by atoms with Crippen molar-refractivity contribution < 1.29 is 8.95 Å². The second kappa shape index (κ2) is 8.22. The average molecular weight is 261 g/mol. The SMILES string of the molecule is CCCNC1CCC(S(=O)CCCOC)C1C. The Labute approximate surface area is 108 Å². The summed E-state index contributed by atoms with van der Waals surface area (Å²) in [6, 6.07) is 0.575. The van der Waals surface area contributed by atoms with Gasteiger partial charge in [-0.15, -0.1) is 0 Å². The number of hydrogen-bond donors (Lipinski definition) is 1. The van der Waals surface area contributed by atoms with Gasteiger partial charge < -0.3 is 10.1 Å². The lowest BCUT2D eigenvalue weighted by Crippen LogP contribution is -2.35. The van der Waals surface area contributed by atoms with Crippen molar-refractivity contribution in [1.82, 2.24) is 5.32 Å². The number of rotatable bonds is 8. The van der Waals surface area contributed by atoms with E-state index < -0.39 is 10.8 Å².